The van der Waals surface area contributed by atoms with Crippen molar-refractivity contribution in [2.75, 3.05) is 0 Å². The van der Waals surface area contributed by atoms with Gasteiger partial charge >= 0.3 is 0 Å². The summed E-state index contributed by atoms with van der Waals surface area (Å²) in [5.74, 6) is 0.530. The second kappa shape index (κ2) is 4.44. The Hall–Kier alpha value is -1.85. The van der Waals surface area contributed by atoms with Crippen molar-refractivity contribution in [3.63, 3.8) is 0 Å². The number of hydroxylamine groups is 1. The largest absolute Gasteiger partial charge is 0.427 e. The van der Waals surface area contributed by atoms with Gasteiger partial charge in [0, 0.05) is 5.56 Å². The maximum Gasteiger partial charge on any atom is 0.175 e. The third-order valence-corrected chi connectivity index (χ3v) is 3.40. The number of nitrogens with zero attached hydrogens (tertiary/aromatic N) is 2. The molecule has 1 unspecified atom stereocenters. The molecule has 1 aliphatic rings. The predicted molar refractivity (Wildman–Crippen MR) is 65.4 cm³/mol. The van der Waals surface area contributed by atoms with Crippen molar-refractivity contribution in [2.45, 2.75) is 25.3 Å². The minimum Gasteiger partial charge on any atom is -0.427 e. The molecule has 0 aliphatic heterocycles. The smallest absolute Gasteiger partial charge is 0.175 e. The number of fused-ring (bicyclic) bond motifs is 1. The Morgan fingerprint density at radius 2 is 2.06 bits per heavy atom. The van der Waals surface area contributed by atoms with Crippen molar-refractivity contribution in [3.05, 3.63) is 41.7 Å². The van der Waals surface area contributed by atoms with Crippen molar-refractivity contribution < 1.29 is 10.4 Å². The van der Waals surface area contributed by atoms with E-state index in [1.807, 2.05) is 30.3 Å². The van der Waals surface area contributed by atoms with E-state index in [4.69, 9.17) is 5.21 Å². The zero-order valence-corrected chi connectivity index (χ0v) is 9.87. The molecule has 0 bridgehead atoms. The quantitative estimate of drug-likeness (QED) is 0.560. The van der Waals surface area contributed by atoms with Crippen molar-refractivity contribution >= 4 is 0 Å². The normalized spacial score (nSPS) is 18.6. The summed E-state index contributed by atoms with van der Waals surface area (Å²) in [5.41, 5.74) is 4.66. The van der Waals surface area contributed by atoms with Crippen LogP contribution in [0.3, 0.4) is 0 Å². The van der Waals surface area contributed by atoms with E-state index >= 15 is 0 Å². The number of benzene rings is 1. The van der Waals surface area contributed by atoms with Crippen LogP contribution < -0.4 is 5.48 Å². The standard InChI is InChI=1S/C13H15N3O2/c17-15-10-7-4-8-11-12(10)14-13(16(11)18)9-5-2-1-3-6-9/h1-3,5-6,10,15,17-18H,4,7-8H2. The van der Waals surface area contributed by atoms with Gasteiger partial charge in [-0.25, -0.2) is 4.98 Å². The Kier molecular flexibility index (Phi) is 2.77. The molecule has 0 saturated carbocycles. The minimum absolute atomic E-state index is 0.190. The highest BCUT2D eigenvalue weighted by Crippen LogP contribution is 2.31. The molecule has 1 aromatic carbocycles. The van der Waals surface area contributed by atoms with Crippen molar-refractivity contribution in [2.24, 2.45) is 0 Å². The van der Waals surface area contributed by atoms with Crippen molar-refractivity contribution in [3.8, 4) is 11.4 Å². The van der Waals surface area contributed by atoms with E-state index in [2.05, 4.69) is 10.5 Å². The zero-order chi connectivity index (χ0) is 12.5. The fourth-order valence-corrected chi connectivity index (χ4v) is 2.49. The summed E-state index contributed by atoms with van der Waals surface area (Å²) < 4.78 is 1.15. The van der Waals surface area contributed by atoms with E-state index in [0.717, 1.165) is 40.9 Å². The number of hydrogen-bond acceptors (Lipinski definition) is 4. The topological polar surface area (TPSA) is 70.3 Å². The Bertz CT molecular complexity index is 551. The van der Waals surface area contributed by atoms with E-state index in [-0.39, 0.29) is 6.04 Å². The zero-order valence-electron chi connectivity index (χ0n) is 9.87. The van der Waals surface area contributed by atoms with Gasteiger partial charge in [-0.3, -0.25) is 0 Å². The van der Waals surface area contributed by atoms with Gasteiger partial charge in [0.2, 0.25) is 0 Å². The maximum atomic E-state index is 10.2. The van der Waals surface area contributed by atoms with E-state index in [9.17, 15) is 5.21 Å². The molecule has 0 saturated heterocycles. The van der Waals surface area contributed by atoms with Crippen LogP contribution in [0.2, 0.25) is 0 Å². The molecule has 18 heavy (non-hydrogen) atoms. The highest BCUT2D eigenvalue weighted by atomic mass is 16.5. The van der Waals surface area contributed by atoms with Crippen molar-refractivity contribution in [1.29, 1.82) is 0 Å². The Morgan fingerprint density at radius 3 is 2.78 bits per heavy atom. The van der Waals surface area contributed by atoms with Gasteiger partial charge in [0.25, 0.3) is 0 Å². The third-order valence-electron chi connectivity index (χ3n) is 3.40. The molecule has 1 heterocycles. The molecular formula is C13H15N3O2. The number of hydrogen-bond donors (Lipinski definition) is 3. The summed E-state index contributed by atoms with van der Waals surface area (Å²) in [4.78, 5) is 4.46. The van der Waals surface area contributed by atoms with Gasteiger partial charge in [-0.2, -0.15) is 10.2 Å². The summed E-state index contributed by atoms with van der Waals surface area (Å²) in [6.07, 6.45) is 2.53. The molecule has 3 rings (SSSR count). The molecule has 2 aromatic rings. The molecule has 0 spiro atoms. The Morgan fingerprint density at radius 1 is 1.28 bits per heavy atom. The summed E-state index contributed by atoms with van der Waals surface area (Å²) in [5, 5.41) is 19.3. The summed E-state index contributed by atoms with van der Waals surface area (Å²) >= 11 is 0. The molecule has 5 heteroatoms. The van der Waals surface area contributed by atoms with E-state index in [1.54, 1.807) is 0 Å². The van der Waals surface area contributed by atoms with Gasteiger partial charge < -0.3 is 10.4 Å². The summed E-state index contributed by atoms with van der Waals surface area (Å²) in [6, 6.07) is 9.36. The molecular weight excluding hydrogens is 230 g/mol. The number of imidazole rings is 1. The molecule has 0 radical (unpaired) electrons. The predicted octanol–water partition coefficient (Wildman–Crippen LogP) is 2.14. The first kappa shape index (κ1) is 11.3. The van der Waals surface area contributed by atoms with E-state index in [0.29, 0.717) is 5.82 Å². The fraction of sp³-hybridized carbons (Fsp3) is 0.308. The lowest BCUT2D eigenvalue weighted by molar-refractivity contribution is 0.112. The summed E-state index contributed by atoms with van der Waals surface area (Å²) in [6.45, 7) is 0. The van der Waals surface area contributed by atoms with Crippen LogP contribution in [0.25, 0.3) is 11.4 Å². The second-order valence-electron chi connectivity index (χ2n) is 4.52. The van der Waals surface area contributed by atoms with Gasteiger partial charge in [0.05, 0.1) is 17.4 Å². The molecule has 3 N–H and O–H groups in total. The Labute approximate surface area is 105 Å². The molecule has 0 amide bonds. The van der Waals surface area contributed by atoms with Crippen LogP contribution >= 0.6 is 0 Å². The van der Waals surface area contributed by atoms with Gasteiger partial charge in [0.15, 0.2) is 5.82 Å². The lowest BCUT2D eigenvalue weighted by Crippen LogP contribution is -2.22. The maximum absolute atomic E-state index is 10.2. The van der Waals surface area contributed by atoms with Gasteiger partial charge in [0.1, 0.15) is 0 Å². The molecule has 1 aromatic heterocycles. The van der Waals surface area contributed by atoms with Gasteiger partial charge in [-0.15, -0.1) is 0 Å². The first-order valence-electron chi connectivity index (χ1n) is 6.07. The van der Waals surface area contributed by atoms with E-state index < -0.39 is 0 Å². The summed E-state index contributed by atoms with van der Waals surface area (Å²) in [7, 11) is 0. The van der Waals surface area contributed by atoms with E-state index in [1.165, 1.54) is 0 Å². The number of aromatic nitrogens is 2. The number of rotatable bonds is 2. The van der Waals surface area contributed by atoms with Crippen LogP contribution in [0.15, 0.2) is 30.3 Å². The van der Waals surface area contributed by atoms with Crippen LogP contribution in [0.5, 0.6) is 0 Å². The lowest BCUT2D eigenvalue weighted by atomic mass is 9.97. The SMILES string of the molecule is ONC1CCCc2c1nc(-c1ccccc1)n2O. The first-order valence-corrected chi connectivity index (χ1v) is 6.07. The monoisotopic (exact) mass is 245 g/mol. The van der Waals surface area contributed by atoms with Gasteiger partial charge in [-0.05, 0) is 19.3 Å². The van der Waals surface area contributed by atoms with Crippen molar-refractivity contribution in [1.82, 2.24) is 15.2 Å². The molecule has 0 fully saturated rings. The molecule has 1 aliphatic carbocycles. The minimum atomic E-state index is -0.190. The average molecular weight is 245 g/mol. The van der Waals surface area contributed by atoms with Crippen LogP contribution in [0.1, 0.15) is 30.3 Å². The molecule has 94 valence electrons. The first-order chi connectivity index (χ1) is 8.81. The highest BCUT2D eigenvalue weighted by Gasteiger charge is 2.27. The fourth-order valence-electron chi connectivity index (χ4n) is 2.49. The lowest BCUT2D eigenvalue weighted by Gasteiger charge is -2.19. The third kappa shape index (κ3) is 1.68. The highest BCUT2D eigenvalue weighted by molar-refractivity contribution is 5.56. The van der Waals surface area contributed by atoms with Crippen LogP contribution in [0, 0.1) is 0 Å². The average Bonchev–Trinajstić information content (AvgIpc) is 2.77. The molecule has 5 nitrogen and oxygen atoms in total. The van der Waals surface area contributed by atoms with Crippen LogP contribution in [0.4, 0.5) is 0 Å². The van der Waals surface area contributed by atoms with Crippen LogP contribution in [-0.2, 0) is 6.42 Å². The van der Waals surface area contributed by atoms with Gasteiger partial charge in [-0.1, -0.05) is 30.3 Å². The Balaban J connectivity index is 2.11. The molecule has 1 atom stereocenters. The van der Waals surface area contributed by atoms with Crippen LogP contribution in [-0.4, -0.2) is 20.1 Å². The second-order valence-corrected chi connectivity index (χ2v) is 4.52. The number of nitrogens with one attached hydrogen (secondary N) is 1.